The highest BCUT2D eigenvalue weighted by Gasteiger charge is 2.41. The molecule has 3 aromatic carbocycles. The Bertz CT molecular complexity index is 1590. The lowest BCUT2D eigenvalue weighted by Gasteiger charge is -2.40. The quantitative estimate of drug-likeness (QED) is 0.321. The summed E-state index contributed by atoms with van der Waals surface area (Å²) in [5.41, 5.74) is 11.9. The molecular formula is C31H26BrClFN3O2. The van der Waals surface area contributed by atoms with Gasteiger partial charge in [-0.15, -0.1) is 0 Å². The fraction of sp³-hybridized carbons (Fsp3) is 0.226. The first-order chi connectivity index (χ1) is 18.7. The molecule has 0 amide bonds. The zero-order chi connectivity index (χ0) is 27.8. The van der Waals surface area contributed by atoms with E-state index in [4.69, 9.17) is 22.1 Å². The number of aryl methyl sites for hydroxylation is 1. The van der Waals surface area contributed by atoms with Crippen LogP contribution in [0.3, 0.4) is 0 Å². The highest BCUT2D eigenvalue weighted by atomic mass is 79.9. The van der Waals surface area contributed by atoms with Gasteiger partial charge in [0, 0.05) is 27.2 Å². The van der Waals surface area contributed by atoms with Crippen LogP contribution in [-0.4, -0.2) is 5.78 Å². The van der Waals surface area contributed by atoms with Crippen LogP contribution in [0.4, 0.5) is 10.1 Å². The second kappa shape index (κ2) is 10.9. The fourth-order valence-corrected chi connectivity index (χ4v) is 5.90. The summed E-state index contributed by atoms with van der Waals surface area (Å²) >= 11 is 9.29. The monoisotopic (exact) mass is 605 g/mol. The Kier molecular flexibility index (Phi) is 7.53. The van der Waals surface area contributed by atoms with Gasteiger partial charge >= 0.3 is 0 Å². The molecule has 1 aliphatic carbocycles. The Morgan fingerprint density at radius 1 is 1.15 bits per heavy atom. The maximum atomic E-state index is 15.2. The van der Waals surface area contributed by atoms with E-state index in [0.29, 0.717) is 52.4 Å². The molecule has 5 nitrogen and oxygen atoms in total. The zero-order valence-corrected chi connectivity index (χ0v) is 23.9. The molecule has 0 bridgehead atoms. The third-order valence-electron chi connectivity index (χ3n) is 7.28. The van der Waals surface area contributed by atoms with Gasteiger partial charge in [-0.2, -0.15) is 5.26 Å². The Morgan fingerprint density at radius 2 is 1.90 bits per heavy atom. The molecular weight excluding hydrogens is 581 g/mol. The molecule has 198 valence electrons. The van der Waals surface area contributed by atoms with E-state index in [0.717, 1.165) is 22.3 Å². The molecule has 1 unspecified atom stereocenters. The number of ether oxygens (including phenoxy) is 1. The third kappa shape index (κ3) is 5.07. The van der Waals surface area contributed by atoms with E-state index in [-0.39, 0.29) is 22.9 Å². The number of hydrogen-bond donors (Lipinski definition) is 1. The summed E-state index contributed by atoms with van der Waals surface area (Å²) in [6.45, 7) is 4.24. The van der Waals surface area contributed by atoms with Crippen LogP contribution >= 0.6 is 27.5 Å². The second-order valence-electron chi connectivity index (χ2n) is 9.79. The van der Waals surface area contributed by atoms with E-state index >= 15 is 4.39 Å². The molecule has 2 aliphatic rings. The van der Waals surface area contributed by atoms with Gasteiger partial charge in [0.05, 0.1) is 23.2 Å². The minimum Gasteiger partial charge on any atom is -0.489 e. The molecule has 0 radical (unpaired) electrons. The lowest BCUT2D eigenvalue weighted by Crippen LogP contribution is -2.39. The lowest BCUT2D eigenvalue weighted by molar-refractivity contribution is -0.116. The van der Waals surface area contributed by atoms with Gasteiger partial charge in [0.25, 0.3) is 0 Å². The van der Waals surface area contributed by atoms with Gasteiger partial charge in [-0.1, -0.05) is 45.2 Å². The molecule has 5 rings (SSSR count). The lowest BCUT2D eigenvalue weighted by atomic mass is 9.73. The van der Waals surface area contributed by atoms with Crippen molar-refractivity contribution in [3.63, 3.8) is 0 Å². The Hall–Kier alpha value is -3.60. The standard InChI is InChI=1S/C31H26BrClFN3O2/c1-17-12-19(16-39-22-9-7-21(33)8-10-22)18(2)23(13-17)29-24(15-35)31(36)37(26-11-6-20(32)14-25(26)34)27-4-3-5-28(38)30(27)29/h6-14,29H,3-5,16,36H2,1-2H3. The van der Waals surface area contributed by atoms with Gasteiger partial charge in [-0.05, 0) is 85.8 Å². The van der Waals surface area contributed by atoms with Crippen molar-refractivity contribution < 1.29 is 13.9 Å². The van der Waals surface area contributed by atoms with Crippen LogP contribution in [-0.2, 0) is 11.4 Å². The Labute approximate surface area is 240 Å². The topological polar surface area (TPSA) is 79.3 Å². The van der Waals surface area contributed by atoms with Crippen molar-refractivity contribution in [2.45, 2.75) is 45.6 Å². The first-order valence-electron chi connectivity index (χ1n) is 12.6. The number of nitrogens with two attached hydrogens (primary N) is 1. The van der Waals surface area contributed by atoms with Crippen LogP contribution in [0.1, 0.15) is 47.4 Å². The van der Waals surface area contributed by atoms with Crippen molar-refractivity contribution in [3.8, 4) is 11.8 Å². The van der Waals surface area contributed by atoms with Crippen molar-refractivity contribution in [2.75, 3.05) is 4.90 Å². The molecule has 0 fully saturated rings. The molecule has 0 saturated heterocycles. The molecule has 0 aromatic heterocycles. The van der Waals surface area contributed by atoms with Crippen LogP contribution in [0.25, 0.3) is 0 Å². The summed E-state index contributed by atoms with van der Waals surface area (Å²) < 4.78 is 21.8. The zero-order valence-electron chi connectivity index (χ0n) is 21.5. The molecule has 0 saturated carbocycles. The first kappa shape index (κ1) is 27.0. The van der Waals surface area contributed by atoms with E-state index in [1.165, 1.54) is 6.07 Å². The van der Waals surface area contributed by atoms with Crippen LogP contribution in [0, 0.1) is 31.0 Å². The number of halogens is 3. The summed E-state index contributed by atoms with van der Waals surface area (Å²) in [4.78, 5) is 15.1. The van der Waals surface area contributed by atoms with Crippen molar-refractivity contribution in [1.82, 2.24) is 0 Å². The van der Waals surface area contributed by atoms with Crippen LogP contribution < -0.4 is 15.4 Å². The second-order valence-corrected chi connectivity index (χ2v) is 11.1. The van der Waals surface area contributed by atoms with Gasteiger partial charge in [-0.25, -0.2) is 4.39 Å². The molecule has 0 spiro atoms. The van der Waals surface area contributed by atoms with Gasteiger partial charge in [-0.3, -0.25) is 9.69 Å². The number of hydrogen-bond acceptors (Lipinski definition) is 5. The highest BCUT2D eigenvalue weighted by Crippen LogP contribution is 2.48. The largest absolute Gasteiger partial charge is 0.489 e. The number of carbonyl (C=O) groups excluding carboxylic acids is 1. The molecule has 1 aliphatic heterocycles. The van der Waals surface area contributed by atoms with Gasteiger partial charge in [0.1, 0.15) is 24.0 Å². The van der Waals surface area contributed by atoms with Crippen LogP contribution in [0.2, 0.25) is 5.02 Å². The van der Waals surface area contributed by atoms with Crippen molar-refractivity contribution in [3.05, 3.63) is 115 Å². The smallest absolute Gasteiger partial charge is 0.161 e. The van der Waals surface area contributed by atoms with Crippen molar-refractivity contribution in [2.24, 2.45) is 5.73 Å². The Balaban J connectivity index is 1.64. The fourth-order valence-electron chi connectivity index (χ4n) is 5.44. The summed E-state index contributed by atoms with van der Waals surface area (Å²) in [7, 11) is 0. The van der Waals surface area contributed by atoms with Crippen molar-refractivity contribution in [1.29, 1.82) is 5.26 Å². The average molecular weight is 607 g/mol. The van der Waals surface area contributed by atoms with Crippen LogP contribution in [0.5, 0.6) is 5.75 Å². The SMILES string of the molecule is Cc1cc(COc2ccc(Cl)cc2)c(C)c(C2C(C#N)=C(N)N(c3ccc(Br)cc3F)C3=C2C(=O)CCC3)c1. The summed E-state index contributed by atoms with van der Waals surface area (Å²) in [6, 6.07) is 18.1. The van der Waals surface area contributed by atoms with Crippen molar-refractivity contribution >= 4 is 39.0 Å². The predicted molar refractivity (Wildman–Crippen MR) is 154 cm³/mol. The number of carbonyl (C=O) groups is 1. The number of allylic oxidation sites excluding steroid dienone is 3. The van der Waals surface area contributed by atoms with E-state index in [1.54, 1.807) is 41.3 Å². The van der Waals surface area contributed by atoms with E-state index < -0.39 is 11.7 Å². The summed E-state index contributed by atoms with van der Waals surface area (Å²) in [6.07, 6.45) is 1.53. The van der Waals surface area contributed by atoms with E-state index in [2.05, 4.69) is 22.0 Å². The number of ketones is 1. The molecule has 2 N–H and O–H groups in total. The minimum atomic E-state index is -0.651. The Morgan fingerprint density at radius 3 is 2.59 bits per heavy atom. The number of nitriles is 1. The van der Waals surface area contributed by atoms with E-state index in [1.807, 2.05) is 26.0 Å². The molecule has 8 heteroatoms. The molecule has 1 heterocycles. The van der Waals surface area contributed by atoms with E-state index in [9.17, 15) is 10.1 Å². The number of anilines is 1. The molecule has 39 heavy (non-hydrogen) atoms. The van der Waals surface area contributed by atoms with Gasteiger partial charge in [0.15, 0.2) is 5.78 Å². The normalized spacial score (nSPS) is 17.3. The van der Waals surface area contributed by atoms with Gasteiger partial charge < -0.3 is 10.5 Å². The van der Waals surface area contributed by atoms with Crippen LogP contribution in [0.15, 0.2) is 81.7 Å². The first-order valence-corrected chi connectivity index (χ1v) is 13.8. The molecule has 1 atom stereocenters. The molecule has 3 aromatic rings. The average Bonchev–Trinajstić information content (AvgIpc) is 2.90. The maximum absolute atomic E-state index is 15.2. The number of rotatable bonds is 5. The third-order valence-corrected chi connectivity index (χ3v) is 8.03. The minimum absolute atomic E-state index is 0.0520. The maximum Gasteiger partial charge on any atom is 0.161 e. The summed E-state index contributed by atoms with van der Waals surface area (Å²) in [5, 5.41) is 11.0. The predicted octanol–water partition coefficient (Wildman–Crippen LogP) is 7.74. The number of Topliss-reactive ketones (excluding diaryl/α,β-unsaturated/α-hetero) is 1. The highest BCUT2D eigenvalue weighted by molar-refractivity contribution is 9.10. The summed E-state index contributed by atoms with van der Waals surface area (Å²) in [5.74, 6) is -0.384. The van der Waals surface area contributed by atoms with Gasteiger partial charge in [0.2, 0.25) is 0 Å². The number of benzene rings is 3. The number of nitrogens with zero attached hydrogens (tertiary/aromatic N) is 2.